The number of benzene rings is 1. The summed E-state index contributed by atoms with van der Waals surface area (Å²) in [4.78, 5) is 22.0. The van der Waals surface area contributed by atoms with E-state index in [9.17, 15) is 18.4 Å². The van der Waals surface area contributed by atoms with Gasteiger partial charge in [0.25, 0.3) is 0 Å². The molecule has 21 heavy (non-hydrogen) atoms. The van der Waals surface area contributed by atoms with Gasteiger partial charge in [-0.3, -0.25) is 4.79 Å². The van der Waals surface area contributed by atoms with Gasteiger partial charge < -0.3 is 15.7 Å². The molecule has 1 aromatic carbocycles. The summed E-state index contributed by atoms with van der Waals surface area (Å²) in [5.74, 6) is -2.75. The zero-order chi connectivity index (χ0) is 15.8. The molecular weight excluding hydrogens is 282 g/mol. The van der Waals surface area contributed by atoms with Gasteiger partial charge in [0, 0.05) is 19.2 Å². The van der Waals surface area contributed by atoms with E-state index in [2.05, 4.69) is 10.6 Å². The van der Waals surface area contributed by atoms with Crippen LogP contribution in [0, 0.1) is 17.6 Å². The van der Waals surface area contributed by atoms with Crippen molar-refractivity contribution in [3.63, 3.8) is 0 Å². The molecule has 0 bridgehead atoms. The Balaban J connectivity index is 2.23. The van der Waals surface area contributed by atoms with E-state index in [0.717, 1.165) is 6.07 Å². The first-order valence-corrected chi connectivity index (χ1v) is 6.58. The van der Waals surface area contributed by atoms with Crippen LogP contribution in [0.2, 0.25) is 0 Å². The second-order valence-electron chi connectivity index (χ2n) is 4.74. The Morgan fingerprint density at radius 3 is 2.29 bits per heavy atom. The number of carbonyl (C=O) groups excluding carboxylic acids is 1. The molecule has 1 unspecified atom stereocenters. The van der Waals surface area contributed by atoms with Crippen LogP contribution in [0.5, 0.6) is 0 Å². The van der Waals surface area contributed by atoms with E-state index in [1.807, 2.05) is 0 Å². The lowest BCUT2D eigenvalue weighted by Crippen LogP contribution is -2.37. The average Bonchev–Trinajstić information content (AvgIpc) is 2.37. The molecule has 116 valence electrons. The molecule has 7 heteroatoms. The second kappa shape index (κ2) is 8.18. The molecule has 0 saturated carbocycles. The number of halogens is 2. The minimum atomic E-state index is -0.912. The van der Waals surface area contributed by atoms with E-state index in [1.165, 1.54) is 12.1 Å². The predicted octanol–water partition coefficient (Wildman–Crippen LogP) is 1.92. The smallest absolute Gasteiger partial charge is 0.314 e. The summed E-state index contributed by atoms with van der Waals surface area (Å²) in [5, 5.41) is 13.7. The van der Waals surface area contributed by atoms with Crippen LogP contribution in [0.25, 0.3) is 0 Å². The standard InChI is InChI=1S/C14H18F2N2O3/c1-9(13(19)20)2-4-17-14(21)18-5-3-10-6-11(15)8-12(16)7-10/h6-9H,2-5H2,1H3,(H,19,20)(H2,17,18,21). The summed E-state index contributed by atoms with van der Waals surface area (Å²) >= 11 is 0. The molecule has 2 amide bonds. The number of carboxylic acid groups (broad SMARTS) is 1. The van der Waals surface area contributed by atoms with Crippen molar-refractivity contribution in [2.24, 2.45) is 5.92 Å². The van der Waals surface area contributed by atoms with Crippen molar-refractivity contribution in [1.82, 2.24) is 10.6 Å². The van der Waals surface area contributed by atoms with E-state index in [1.54, 1.807) is 6.92 Å². The topological polar surface area (TPSA) is 78.4 Å². The zero-order valence-corrected chi connectivity index (χ0v) is 11.7. The highest BCUT2D eigenvalue weighted by molar-refractivity contribution is 5.74. The third-order valence-corrected chi connectivity index (χ3v) is 2.91. The quantitative estimate of drug-likeness (QED) is 0.720. The van der Waals surface area contributed by atoms with Gasteiger partial charge in [-0.1, -0.05) is 6.92 Å². The van der Waals surface area contributed by atoms with Crippen LogP contribution >= 0.6 is 0 Å². The molecule has 0 spiro atoms. The highest BCUT2D eigenvalue weighted by Crippen LogP contribution is 2.08. The summed E-state index contributed by atoms with van der Waals surface area (Å²) in [6.45, 7) is 2.03. The van der Waals surface area contributed by atoms with Crippen molar-refractivity contribution >= 4 is 12.0 Å². The van der Waals surface area contributed by atoms with Gasteiger partial charge in [-0.25, -0.2) is 13.6 Å². The molecule has 0 fully saturated rings. The number of aliphatic carboxylic acids is 1. The van der Waals surface area contributed by atoms with Crippen LogP contribution in [-0.2, 0) is 11.2 Å². The normalized spacial score (nSPS) is 11.8. The summed E-state index contributed by atoms with van der Waals surface area (Å²) in [7, 11) is 0. The maximum absolute atomic E-state index is 12.9. The maximum Gasteiger partial charge on any atom is 0.314 e. The highest BCUT2D eigenvalue weighted by Gasteiger charge is 2.10. The molecule has 0 aliphatic rings. The number of hydrogen-bond acceptors (Lipinski definition) is 2. The maximum atomic E-state index is 12.9. The minimum Gasteiger partial charge on any atom is -0.481 e. The molecule has 0 aromatic heterocycles. The van der Waals surface area contributed by atoms with E-state index in [-0.39, 0.29) is 13.1 Å². The fraction of sp³-hybridized carbons (Fsp3) is 0.429. The molecule has 1 rings (SSSR count). The monoisotopic (exact) mass is 300 g/mol. The predicted molar refractivity (Wildman–Crippen MR) is 72.9 cm³/mol. The van der Waals surface area contributed by atoms with Crippen LogP contribution in [-0.4, -0.2) is 30.2 Å². The van der Waals surface area contributed by atoms with E-state index < -0.39 is 29.6 Å². The van der Waals surface area contributed by atoms with Crippen LogP contribution in [0.1, 0.15) is 18.9 Å². The van der Waals surface area contributed by atoms with Gasteiger partial charge in [0.2, 0.25) is 0 Å². The number of rotatable bonds is 7. The van der Waals surface area contributed by atoms with E-state index in [0.29, 0.717) is 18.4 Å². The lowest BCUT2D eigenvalue weighted by Gasteiger charge is -2.09. The van der Waals surface area contributed by atoms with Gasteiger partial charge in [0.05, 0.1) is 5.92 Å². The van der Waals surface area contributed by atoms with Crippen LogP contribution in [0.15, 0.2) is 18.2 Å². The number of urea groups is 1. The number of nitrogens with one attached hydrogen (secondary N) is 2. The molecule has 1 aromatic rings. The third kappa shape index (κ3) is 6.69. The van der Waals surface area contributed by atoms with E-state index in [4.69, 9.17) is 5.11 Å². The van der Waals surface area contributed by atoms with Crippen molar-refractivity contribution in [2.45, 2.75) is 19.8 Å². The Morgan fingerprint density at radius 2 is 1.71 bits per heavy atom. The fourth-order valence-corrected chi connectivity index (χ4v) is 1.66. The van der Waals surface area contributed by atoms with Crippen molar-refractivity contribution in [3.8, 4) is 0 Å². The Labute approximate surface area is 121 Å². The van der Waals surface area contributed by atoms with Crippen LogP contribution < -0.4 is 10.6 Å². The van der Waals surface area contributed by atoms with Crippen molar-refractivity contribution in [3.05, 3.63) is 35.4 Å². The molecule has 0 aliphatic carbocycles. The summed E-state index contributed by atoms with van der Waals surface area (Å²) in [6, 6.07) is 2.76. The molecule has 0 radical (unpaired) electrons. The fourth-order valence-electron chi connectivity index (χ4n) is 1.66. The number of amides is 2. The van der Waals surface area contributed by atoms with Crippen LogP contribution in [0.4, 0.5) is 13.6 Å². The van der Waals surface area contributed by atoms with Gasteiger partial charge in [0.15, 0.2) is 0 Å². The summed E-state index contributed by atoms with van der Waals surface area (Å²) in [6.07, 6.45) is 0.630. The number of hydrogen-bond donors (Lipinski definition) is 3. The van der Waals surface area contributed by atoms with Crippen LogP contribution in [0.3, 0.4) is 0 Å². The lowest BCUT2D eigenvalue weighted by molar-refractivity contribution is -0.141. The molecule has 5 nitrogen and oxygen atoms in total. The Morgan fingerprint density at radius 1 is 1.14 bits per heavy atom. The largest absolute Gasteiger partial charge is 0.481 e. The Kier molecular flexibility index (Phi) is 6.58. The Hall–Kier alpha value is -2.18. The first kappa shape index (κ1) is 16.9. The molecule has 0 heterocycles. The van der Waals surface area contributed by atoms with Crippen molar-refractivity contribution < 1.29 is 23.5 Å². The van der Waals surface area contributed by atoms with Crippen molar-refractivity contribution in [2.75, 3.05) is 13.1 Å². The lowest BCUT2D eigenvalue weighted by atomic mass is 10.1. The number of carboxylic acids is 1. The van der Waals surface area contributed by atoms with Gasteiger partial charge in [-0.15, -0.1) is 0 Å². The Bertz CT molecular complexity index is 489. The second-order valence-corrected chi connectivity index (χ2v) is 4.74. The molecule has 0 saturated heterocycles. The minimum absolute atomic E-state index is 0.225. The SMILES string of the molecule is CC(CCNC(=O)NCCc1cc(F)cc(F)c1)C(=O)O. The van der Waals surface area contributed by atoms with Gasteiger partial charge in [-0.05, 0) is 30.5 Å². The number of carbonyl (C=O) groups is 2. The molecule has 3 N–H and O–H groups in total. The molecular formula is C14H18F2N2O3. The highest BCUT2D eigenvalue weighted by atomic mass is 19.1. The summed E-state index contributed by atoms with van der Waals surface area (Å²) < 4.78 is 25.9. The first-order chi connectivity index (χ1) is 9.88. The molecule has 1 atom stereocenters. The van der Waals surface area contributed by atoms with E-state index >= 15 is 0 Å². The average molecular weight is 300 g/mol. The van der Waals surface area contributed by atoms with Gasteiger partial charge >= 0.3 is 12.0 Å². The summed E-state index contributed by atoms with van der Waals surface area (Å²) in [5.41, 5.74) is 0.451. The van der Waals surface area contributed by atoms with Gasteiger partial charge in [-0.2, -0.15) is 0 Å². The first-order valence-electron chi connectivity index (χ1n) is 6.58. The van der Waals surface area contributed by atoms with Crippen molar-refractivity contribution in [1.29, 1.82) is 0 Å². The molecule has 0 aliphatic heterocycles. The van der Waals surface area contributed by atoms with Gasteiger partial charge in [0.1, 0.15) is 11.6 Å². The zero-order valence-electron chi connectivity index (χ0n) is 11.7. The third-order valence-electron chi connectivity index (χ3n) is 2.91.